The van der Waals surface area contributed by atoms with E-state index in [4.69, 9.17) is 5.11 Å². The molecule has 1 aromatic rings. The van der Waals surface area contributed by atoms with Gasteiger partial charge in [0, 0.05) is 24.8 Å². The molecular weight excluding hydrogens is 161 g/mol. The van der Waals surface area contributed by atoms with E-state index in [1.54, 1.807) is 0 Å². The van der Waals surface area contributed by atoms with Gasteiger partial charge < -0.3 is 10.2 Å². The van der Waals surface area contributed by atoms with Crippen molar-refractivity contribution in [2.75, 3.05) is 6.61 Å². The molecule has 0 bridgehead atoms. The molecule has 0 aliphatic rings. The fourth-order valence-corrected chi connectivity index (χ4v) is 0.899. The number of pyridine rings is 1. The molecule has 2 N–H and O–H groups in total. The largest absolute Gasteiger partial charge is 0.396 e. The summed E-state index contributed by atoms with van der Waals surface area (Å²) in [4.78, 5) is 3.57. The molecule has 1 heterocycles. The number of hydrogen-bond donors (Lipinski definition) is 2. The maximum atomic E-state index is 12.5. The van der Waals surface area contributed by atoms with Crippen molar-refractivity contribution in [1.82, 2.24) is 4.98 Å². The van der Waals surface area contributed by atoms with Gasteiger partial charge in [0.05, 0.1) is 12.3 Å². The number of rotatable bonds is 3. The molecule has 0 unspecified atom stereocenters. The standard InChI is InChI=1S/C8H10FNO2/c9-7-3-6(4-10-5-7)8(12)1-2-11/h3-5,8,11-12H,1-2H2/t8-/m0/s1. The van der Waals surface area contributed by atoms with Gasteiger partial charge in [-0.2, -0.15) is 0 Å². The molecule has 66 valence electrons. The van der Waals surface area contributed by atoms with Crippen molar-refractivity contribution in [2.45, 2.75) is 12.5 Å². The Morgan fingerprint density at radius 2 is 2.25 bits per heavy atom. The molecule has 0 spiro atoms. The van der Waals surface area contributed by atoms with E-state index >= 15 is 0 Å². The third-order valence-electron chi connectivity index (χ3n) is 1.51. The average Bonchev–Trinajstić information content (AvgIpc) is 2.05. The van der Waals surface area contributed by atoms with Crippen LogP contribution in [0.3, 0.4) is 0 Å². The van der Waals surface area contributed by atoms with Gasteiger partial charge in [-0.15, -0.1) is 0 Å². The van der Waals surface area contributed by atoms with Crippen LogP contribution in [0.2, 0.25) is 0 Å². The number of halogens is 1. The molecular formula is C8H10FNO2. The summed E-state index contributed by atoms with van der Waals surface area (Å²) in [5.41, 5.74) is 0.393. The molecule has 0 saturated heterocycles. The zero-order valence-corrected chi connectivity index (χ0v) is 6.44. The monoisotopic (exact) mass is 171 g/mol. The molecule has 0 aliphatic carbocycles. The molecule has 12 heavy (non-hydrogen) atoms. The maximum absolute atomic E-state index is 12.5. The quantitative estimate of drug-likeness (QED) is 0.701. The van der Waals surface area contributed by atoms with Gasteiger partial charge >= 0.3 is 0 Å². The third-order valence-corrected chi connectivity index (χ3v) is 1.51. The molecule has 0 amide bonds. The van der Waals surface area contributed by atoms with E-state index in [0.717, 1.165) is 6.20 Å². The molecule has 0 aliphatic heterocycles. The molecule has 0 saturated carbocycles. The van der Waals surface area contributed by atoms with Crippen LogP contribution in [-0.4, -0.2) is 21.8 Å². The summed E-state index contributed by atoms with van der Waals surface area (Å²) < 4.78 is 12.5. The van der Waals surface area contributed by atoms with Crippen LogP contribution in [0.4, 0.5) is 4.39 Å². The van der Waals surface area contributed by atoms with Crippen LogP contribution in [0.1, 0.15) is 18.1 Å². The Morgan fingerprint density at radius 1 is 1.50 bits per heavy atom. The Kier molecular flexibility index (Phi) is 3.13. The minimum atomic E-state index is -0.835. The Morgan fingerprint density at radius 3 is 2.83 bits per heavy atom. The predicted molar refractivity (Wildman–Crippen MR) is 40.9 cm³/mol. The van der Waals surface area contributed by atoms with Crippen molar-refractivity contribution >= 4 is 0 Å². The highest BCUT2D eigenvalue weighted by Crippen LogP contribution is 2.15. The highest BCUT2D eigenvalue weighted by Gasteiger charge is 2.07. The molecule has 0 fully saturated rings. The molecule has 1 aromatic heterocycles. The average molecular weight is 171 g/mol. The lowest BCUT2D eigenvalue weighted by Crippen LogP contribution is -2.01. The summed E-state index contributed by atoms with van der Waals surface area (Å²) in [7, 11) is 0. The zero-order chi connectivity index (χ0) is 8.97. The second-order valence-corrected chi connectivity index (χ2v) is 2.46. The van der Waals surface area contributed by atoms with Gasteiger partial charge in [-0.1, -0.05) is 0 Å². The normalized spacial score (nSPS) is 12.9. The van der Waals surface area contributed by atoms with Gasteiger partial charge in [0.2, 0.25) is 0 Å². The van der Waals surface area contributed by atoms with Crippen LogP contribution < -0.4 is 0 Å². The number of aliphatic hydroxyl groups is 2. The fourth-order valence-electron chi connectivity index (χ4n) is 0.899. The van der Waals surface area contributed by atoms with Crippen LogP contribution in [-0.2, 0) is 0 Å². The first-order valence-electron chi connectivity index (χ1n) is 3.63. The van der Waals surface area contributed by atoms with E-state index in [9.17, 15) is 9.50 Å². The van der Waals surface area contributed by atoms with E-state index in [1.165, 1.54) is 12.3 Å². The molecule has 1 rings (SSSR count). The van der Waals surface area contributed by atoms with Crippen LogP contribution in [0.15, 0.2) is 18.5 Å². The molecule has 4 heteroatoms. The molecule has 3 nitrogen and oxygen atoms in total. The van der Waals surface area contributed by atoms with Crippen molar-refractivity contribution in [3.63, 3.8) is 0 Å². The summed E-state index contributed by atoms with van der Waals surface area (Å²) in [5, 5.41) is 17.8. The third kappa shape index (κ3) is 2.25. The summed E-state index contributed by atoms with van der Waals surface area (Å²) in [6.45, 7) is -0.127. The first-order valence-corrected chi connectivity index (χ1v) is 3.63. The first-order chi connectivity index (χ1) is 5.74. The van der Waals surface area contributed by atoms with Gasteiger partial charge in [0.25, 0.3) is 0 Å². The van der Waals surface area contributed by atoms with Crippen molar-refractivity contribution in [3.8, 4) is 0 Å². The van der Waals surface area contributed by atoms with Gasteiger partial charge in [-0.25, -0.2) is 4.39 Å². The lowest BCUT2D eigenvalue weighted by atomic mass is 10.1. The summed E-state index contributed by atoms with van der Waals surface area (Å²) in [6.07, 6.45) is 1.81. The van der Waals surface area contributed by atoms with Crippen LogP contribution in [0, 0.1) is 5.82 Å². The molecule has 0 radical (unpaired) electrons. The fraction of sp³-hybridized carbons (Fsp3) is 0.375. The van der Waals surface area contributed by atoms with Gasteiger partial charge in [0.15, 0.2) is 0 Å². The van der Waals surface area contributed by atoms with Crippen molar-refractivity contribution in [2.24, 2.45) is 0 Å². The summed E-state index contributed by atoms with van der Waals surface area (Å²) >= 11 is 0. The number of aliphatic hydroxyl groups excluding tert-OH is 2. The van der Waals surface area contributed by atoms with Gasteiger partial charge in [0.1, 0.15) is 5.82 Å². The van der Waals surface area contributed by atoms with Crippen molar-refractivity contribution in [1.29, 1.82) is 0 Å². The number of hydrogen-bond acceptors (Lipinski definition) is 3. The second-order valence-electron chi connectivity index (χ2n) is 2.46. The lowest BCUT2D eigenvalue weighted by molar-refractivity contribution is 0.133. The van der Waals surface area contributed by atoms with Crippen molar-refractivity contribution in [3.05, 3.63) is 29.8 Å². The lowest BCUT2D eigenvalue weighted by Gasteiger charge is -2.07. The summed E-state index contributed by atoms with van der Waals surface area (Å²) in [6, 6.07) is 1.20. The van der Waals surface area contributed by atoms with E-state index in [-0.39, 0.29) is 13.0 Å². The van der Waals surface area contributed by atoms with Gasteiger partial charge in [-0.05, 0) is 6.07 Å². The van der Waals surface area contributed by atoms with Gasteiger partial charge in [-0.3, -0.25) is 4.98 Å². The second kappa shape index (κ2) is 4.13. The Hall–Kier alpha value is -1.00. The van der Waals surface area contributed by atoms with Crippen LogP contribution >= 0.6 is 0 Å². The van der Waals surface area contributed by atoms with Crippen LogP contribution in [0.5, 0.6) is 0 Å². The Bertz CT molecular complexity index is 255. The SMILES string of the molecule is OCC[C@H](O)c1cncc(F)c1. The molecule has 0 aromatic carbocycles. The van der Waals surface area contributed by atoms with E-state index < -0.39 is 11.9 Å². The highest BCUT2D eigenvalue weighted by atomic mass is 19.1. The number of aromatic nitrogens is 1. The topological polar surface area (TPSA) is 53.4 Å². The zero-order valence-electron chi connectivity index (χ0n) is 6.44. The molecule has 1 atom stereocenters. The highest BCUT2D eigenvalue weighted by molar-refractivity contribution is 5.12. The Balaban J connectivity index is 2.73. The predicted octanol–water partition coefficient (Wildman–Crippen LogP) is 0.637. The van der Waals surface area contributed by atoms with Crippen LogP contribution in [0.25, 0.3) is 0 Å². The summed E-state index contributed by atoms with van der Waals surface area (Å²) in [5.74, 6) is -0.482. The van der Waals surface area contributed by atoms with Crippen molar-refractivity contribution < 1.29 is 14.6 Å². The minimum Gasteiger partial charge on any atom is -0.396 e. The maximum Gasteiger partial charge on any atom is 0.141 e. The Labute approximate surface area is 69.5 Å². The minimum absolute atomic E-state index is 0.127. The van der Waals surface area contributed by atoms with E-state index in [1.807, 2.05) is 0 Å². The first kappa shape index (κ1) is 9.09. The number of nitrogens with zero attached hydrogens (tertiary/aromatic N) is 1. The smallest absolute Gasteiger partial charge is 0.141 e. The van der Waals surface area contributed by atoms with E-state index in [0.29, 0.717) is 5.56 Å². The van der Waals surface area contributed by atoms with E-state index in [2.05, 4.69) is 4.98 Å².